The molecule has 0 saturated carbocycles. The number of thiol groups is 1. The molecule has 1 aromatic rings. The van der Waals surface area contributed by atoms with Crippen LogP contribution in [0.3, 0.4) is 0 Å². The fraction of sp³-hybridized carbons (Fsp3) is 0.471. The first kappa shape index (κ1) is 20.4. The van der Waals surface area contributed by atoms with Gasteiger partial charge >= 0.3 is 18.2 Å². The number of halogens is 3. The van der Waals surface area contributed by atoms with Gasteiger partial charge in [0.25, 0.3) is 0 Å². The molecule has 0 radical (unpaired) electrons. The van der Waals surface area contributed by atoms with Crippen LogP contribution in [0.25, 0.3) is 0 Å². The summed E-state index contributed by atoms with van der Waals surface area (Å²) in [5.41, 5.74) is -0.866. The third-order valence-electron chi connectivity index (χ3n) is 4.82. The fourth-order valence-electron chi connectivity index (χ4n) is 3.27. The summed E-state index contributed by atoms with van der Waals surface area (Å²) in [5.74, 6) is -1.24. The zero-order valence-corrected chi connectivity index (χ0v) is 14.9. The van der Waals surface area contributed by atoms with Crippen LogP contribution in [0.2, 0.25) is 0 Å². The molecule has 2 rings (SSSR count). The van der Waals surface area contributed by atoms with Crippen molar-refractivity contribution in [2.24, 2.45) is 0 Å². The van der Waals surface area contributed by atoms with Gasteiger partial charge in [-0.3, -0.25) is 4.79 Å². The number of hydrogen-bond donors (Lipinski definition) is 2. The predicted octanol–water partition coefficient (Wildman–Crippen LogP) is 3.78. The van der Waals surface area contributed by atoms with Crippen LogP contribution in [0.15, 0.2) is 24.3 Å². The molecule has 2 unspecified atom stereocenters. The molecule has 0 spiro atoms. The van der Waals surface area contributed by atoms with Gasteiger partial charge in [0.05, 0.1) is 12.1 Å². The van der Waals surface area contributed by atoms with E-state index >= 15 is 0 Å². The zero-order valence-electron chi connectivity index (χ0n) is 14.0. The van der Waals surface area contributed by atoms with Gasteiger partial charge in [0.1, 0.15) is 11.3 Å². The van der Waals surface area contributed by atoms with Crippen LogP contribution in [0.4, 0.5) is 18.0 Å². The molecule has 3 atom stereocenters. The van der Waals surface area contributed by atoms with Gasteiger partial charge in [-0.15, -0.1) is 0 Å². The standard InChI is InChI=1S/C17H18F3NO4S/c1-10-3-2-8-21(10,16(24)25)15(23)14(26)9-13(22)11-4-6-12(7-5-11)17(18,19)20/h4-7,10,14H,2-3,8-9H2,1H3,(H-,24,25,26)/p+1/t10-,14?,21?/m1/s1. The first-order chi connectivity index (χ1) is 12.0. The summed E-state index contributed by atoms with van der Waals surface area (Å²) in [6.45, 7) is 1.80. The Balaban J connectivity index is 2.13. The minimum Gasteiger partial charge on any atom is -0.435 e. The van der Waals surface area contributed by atoms with E-state index in [-0.39, 0.29) is 18.5 Å². The van der Waals surface area contributed by atoms with Gasteiger partial charge in [-0.05, 0) is 19.1 Å². The number of carboxylic acid groups (broad SMARTS) is 1. The first-order valence-electron chi connectivity index (χ1n) is 8.04. The minimum atomic E-state index is -4.51. The largest absolute Gasteiger partial charge is 0.521 e. The molecule has 142 valence electrons. The second-order valence-corrected chi connectivity index (χ2v) is 7.05. The number of imide groups is 1. The Labute approximate surface area is 153 Å². The maximum atomic E-state index is 12.7. The van der Waals surface area contributed by atoms with Crippen molar-refractivity contribution in [1.29, 1.82) is 0 Å². The van der Waals surface area contributed by atoms with Crippen molar-refractivity contribution < 1.29 is 37.1 Å². The number of carbonyl (C=O) groups is 3. The van der Waals surface area contributed by atoms with Gasteiger partial charge in [-0.25, -0.2) is 4.79 Å². The third kappa shape index (κ3) is 3.78. The van der Waals surface area contributed by atoms with Crippen LogP contribution in [-0.2, 0) is 11.0 Å². The molecule has 0 bridgehead atoms. The third-order valence-corrected chi connectivity index (χ3v) is 5.22. The van der Waals surface area contributed by atoms with E-state index in [1.165, 1.54) is 0 Å². The fourth-order valence-corrected chi connectivity index (χ4v) is 3.65. The molecule has 1 heterocycles. The summed E-state index contributed by atoms with van der Waals surface area (Å²) in [4.78, 5) is 36.6. The van der Waals surface area contributed by atoms with Crippen LogP contribution in [0.1, 0.15) is 42.1 Å². The summed E-state index contributed by atoms with van der Waals surface area (Å²) >= 11 is 4.12. The molecule has 1 saturated heterocycles. The van der Waals surface area contributed by atoms with Crippen LogP contribution in [-0.4, -0.2) is 45.2 Å². The van der Waals surface area contributed by atoms with E-state index in [2.05, 4.69) is 12.6 Å². The maximum Gasteiger partial charge on any atom is 0.521 e. The lowest BCUT2D eigenvalue weighted by Gasteiger charge is -2.31. The molecule has 9 heteroatoms. The zero-order chi connectivity index (χ0) is 19.7. The highest BCUT2D eigenvalue weighted by atomic mass is 32.1. The molecule has 26 heavy (non-hydrogen) atoms. The minimum absolute atomic E-state index is 0.0150. The molecular formula is C17H19F3NO4S+. The Morgan fingerprint density at radius 2 is 1.85 bits per heavy atom. The summed E-state index contributed by atoms with van der Waals surface area (Å²) < 4.78 is 36.9. The van der Waals surface area contributed by atoms with Crippen molar-refractivity contribution in [2.45, 2.75) is 43.7 Å². The van der Waals surface area contributed by atoms with E-state index < -0.39 is 45.3 Å². The quantitative estimate of drug-likeness (QED) is 0.466. The maximum absolute atomic E-state index is 12.7. The van der Waals surface area contributed by atoms with Gasteiger partial charge in [-0.2, -0.15) is 35.1 Å². The number of rotatable bonds is 4. The van der Waals surface area contributed by atoms with Crippen molar-refractivity contribution in [3.63, 3.8) is 0 Å². The van der Waals surface area contributed by atoms with E-state index in [0.717, 1.165) is 24.3 Å². The number of ketones is 1. The number of quaternary nitrogens is 1. The number of likely N-dealkylation sites (tertiary alicyclic amines) is 1. The van der Waals surface area contributed by atoms with E-state index in [0.29, 0.717) is 12.8 Å². The normalized spacial score (nSPS) is 24.3. The van der Waals surface area contributed by atoms with E-state index in [4.69, 9.17) is 0 Å². The SMILES string of the molecule is C[C@@H]1CCC[N+]1(C(=O)O)C(=O)C(S)CC(=O)c1ccc(C(F)(F)F)cc1. The Morgan fingerprint density at radius 1 is 1.27 bits per heavy atom. The van der Waals surface area contributed by atoms with Crippen LogP contribution >= 0.6 is 12.6 Å². The summed E-state index contributed by atoms with van der Waals surface area (Å²) in [5, 5.41) is 8.39. The molecule has 1 aromatic carbocycles. The lowest BCUT2D eigenvalue weighted by atomic mass is 10.0. The van der Waals surface area contributed by atoms with Gasteiger partial charge in [-0.1, -0.05) is 12.1 Å². The van der Waals surface area contributed by atoms with E-state index in [9.17, 15) is 32.7 Å². The average molecular weight is 390 g/mol. The molecule has 2 amide bonds. The van der Waals surface area contributed by atoms with Crippen LogP contribution in [0.5, 0.6) is 0 Å². The van der Waals surface area contributed by atoms with Crippen molar-refractivity contribution in [3.05, 3.63) is 35.4 Å². The molecule has 0 aromatic heterocycles. The summed E-state index contributed by atoms with van der Waals surface area (Å²) in [6.07, 6.45) is -5.01. The van der Waals surface area contributed by atoms with E-state index in [1.807, 2.05) is 0 Å². The summed E-state index contributed by atoms with van der Waals surface area (Å²) in [6, 6.07) is 3.23. The molecule has 1 aliphatic heterocycles. The highest BCUT2D eigenvalue weighted by Crippen LogP contribution is 2.31. The number of carbonyl (C=O) groups excluding carboxylic acids is 2. The van der Waals surface area contributed by atoms with Crippen molar-refractivity contribution in [1.82, 2.24) is 0 Å². The van der Waals surface area contributed by atoms with Crippen molar-refractivity contribution in [2.75, 3.05) is 6.54 Å². The Morgan fingerprint density at radius 3 is 2.27 bits per heavy atom. The predicted molar refractivity (Wildman–Crippen MR) is 90.0 cm³/mol. The lowest BCUT2D eigenvalue weighted by molar-refractivity contribution is -0.792. The average Bonchev–Trinajstić information content (AvgIpc) is 2.95. The molecule has 1 aliphatic rings. The van der Waals surface area contributed by atoms with E-state index in [1.54, 1.807) is 6.92 Å². The Hall–Kier alpha value is -1.87. The molecule has 1 N–H and O–H groups in total. The smallest absolute Gasteiger partial charge is 0.435 e. The second-order valence-electron chi connectivity index (χ2n) is 6.42. The number of amides is 2. The van der Waals surface area contributed by atoms with Gasteiger partial charge in [0, 0.05) is 24.8 Å². The molecular weight excluding hydrogens is 371 g/mol. The number of Topliss-reactive ketones (excluding diaryl/α,β-unsaturated/α-hetero) is 1. The monoisotopic (exact) mass is 390 g/mol. The van der Waals surface area contributed by atoms with Gasteiger partial charge in [0.2, 0.25) is 0 Å². The van der Waals surface area contributed by atoms with Crippen molar-refractivity contribution in [3.8, 4) is 0 Å². The molecule has 1 fully saturated rings. The van der Waals surface area contributed by atoms with Crippen LogP contribution in [0, 0.1) is 0 Å². The first-order valence-corrected chi connectivity index (χ1v) is 8.56. The summed E-state index contributed by atoms with van der Waals surface area (Å²) in [7, 11) is 0. The highest BCUT2D eigenvalue weighted by molar-refractivity contribution is 7.81. The lowest BCUT2D eigenvalue weighted by Crippen LogP contribution is -2.61. The topological polar surface area (TPSA) is 71.4 Å². The number of alkyl halides is 3. The van der Waals surface area contributed by atoms with Crippen molar-refractivity contribution >= 4 is 30.4 Å². The van der Waals surface area contributed by atoms with Gasteiger partial charge < -0.3 is 5.11 Å². The Bertz CT molecular complexity index is 720. The number of benzene rings is 1. The molecule has 5 nitrogen and oxygen atoms in total. The molecule has 0 aliphatic carbocycles. The Kier molecular flexibility index (Phi) is 5.82. The number of hydrogen-bond acceptors (Lipinski definition) is 4. The number of nitrogens with zero attached hydrogens (tertiary/aromatic N) is 1. The second kappa shape index (κ2) is 7.40. The van der Waals surface area contributed by atoms with Crippen LogP contribution < -0.4 is 0 Å². The highest BCUT2D eigenvalue weighted by Gasteiger charge is 2.54. The van der Waals surface area contributed by atoms with Gasteiger partial charge in [0.15, 0.2) is 5.78 Å².